The highest BCUT2D eigenvalue weighted by atomic mass is 32.2. The number of hydrogen-bond donors (Lipinski definition) is 1. The van der Waals surface area contributed by atoms with Gasteiger partial charge in [-0.3, -0.25) is 4.72 Å². The summed E-state index contributed by atoms with van der Waals surface area (Å²) >= 11 is 0. The number of nitrogens with zero attached hydrogens (tertiary/aromatic N) is 3. The van der Waals surface area contributed by atoms with Gasteiger partial charge in [0, 0.05) is 24.3 Å². The lowest BCUT2D eigenvalue weighted by Crippen LogP contribution is -2.30. The fourth-order valence-electron chi connectivity index (χ4n) is 3.99. The SMILES string of the molecule is COc1ccc(C(C)C)cc1S(=O)(=O)Nc1cccc(-c2ccc(N3CCCCC3)nn2)c1. The highest BCUT2D eigenvalue weighted by Gasteiger charge is 2.21. The molecule has 2 aromatic carbocycles. The number of piperidine rings is 1. The van der Waals surface area contributed by atoms with Gasteiger partial charge in [-0.05, 0) is 67.1 Å². The summed E-state index contributed by atoms with van der Waals surface area (Å²) in [5, 5.41) is 8.79. The highest BCUT2D eigenvalue weighted by molar-refractivity contribution is 7.92. The standard InChI is InChI=1S/C25H30N4O3S/c1-18(2)19-10-12-23(32-3)24(17-19)33(30,31)28-21-9-7-8-20(16-21)22-11-13-25(27-26-22)29-14-5-4-6-15-29/h7-13,16-18,28H,4-6,14-15H2,1-3H3. The molecule has 33 heavy (non-hydrogen) atoms. The lowest BCUT2D eigenvalue weighted by Gasteiger charge is -2.27. The molecule has 1 aromatic heterocycles. The molecule has 174 valence electrons. The summed E-state index contributed by atoms with van der Waals surface area (Å²) in [6, 6.07) is 16.3. The zero-order chi connectivity index (χ0) is 23.4. The van der Waals surface area contributed by atoms with Crippen molar-refractivity contribution in [3.8, 4) is 17.0 Å². The zero-order valence-electron chi connectivity index (χ0n) is 19.3. The van der Waals surface area contributed by atoms with Crippen LogP contribution in [0.15, 0.2) is 59.5 Å². The Labute approximate surface area is 195 Å². The molecule has 1 aliphatic rings. The zero-order valence-corrected chi connectivity index (χ0v) is 20.1. The second kappa shape index (κ2) is 9.79. The van der Waals surface area contributed by atoms with Crippen LogP contribution in [0.5, 0.6) is 5.75 Å². The van der Waals surface area contributed by atoms with E-state index < -0.39 is 10.0 Å². The van der Waals surface area contributed by atoms with Crippen molar-refractivity contribution in [1.29, 1.82) is 0 Å². The molecule has 1 aliphatic heterocycles. The fourth-order valence-corrected chi connectivity index (χ4v) is 5.24. The molecule has 1 N–H and O–H groups in total. The van der Waals surface area contributed by atoms with Crippen LogP contribution in [-0.2, 0) is 10.0 Å². The molecule has 0 atom stereocenters. The van der Waals surface area contributed by atoms with Crippen LogP contribution in [0.3, 0.4) is 0 Å². The van der Waals surface area contributed by atoms with Crippen LogP contribution in [0, 0.1) is 0 Å². The molecule has 0 unspecified atom stereocenters. The molecule has 0 aliphatic carbocycles. The van der Waals surface area contributed by atoms with Crippen molar-refractivity contribution >= 4 is 21.5 Å². The Morgan fingerprint density at radius 3 is 2.42 bits per heavy atom. The summed E-state index contributed by atoms with van der Waals surface area (Å²) in [5.41, 5.74) is 2.85. The van der Waals surface area contributed by atoms with Gasteiger partial charge in [0.15, 0.2) is 5.82 Å². The van der Waals surface area contributed by atoms with Gasteiger partial charge in [0.2, 0.25) is 0 Å². The average Bonchev–Trinajstić information content (AvgIpc) is 2.84. The van der Waals surface area contributed by atoms with Crippen LogP contribution in [0.4, 0.5) is 11.5 Å². The van der Waals surface area contributed by atoms with Gasteiger partial charge in [-0.2, -0.15) is 0 Å². The third-order valence-electron chi connectivity index (χ3n) is 5.88. The average molecular weight is 467 g/mol. The number of ether oxygens (including phenoxy) is 1. The van der Waals surface area contributed by atoms with E-state index in [0.717, 1.165) is 30.0 Å². The Kier molecular flexibility index (Phi) is 6.83. The minimum atomic E-state index is -3.85. The maximum Gasteiger partial charge on any atom is 0.265 e. The van der Waals surface area contributed by atoms with Gasteiger partial charge >= 0.3 is 0 Å². The third-order valence-corrected chi connectivity index (χ3v) is 7.29. The minimum Gasteiger partial charge on any atom is -0.495 e. The quantitative estimate of drug-likeness (QED) is 0.524. The lowest BCUT2D eigenvalue weighted by molar-refractivity contribution is 0.402. The molecule has 2 heterocycles. The number of hydrogen-bond acceptors (Lipinski definition) is 6. The van der Waals surface area contributed by atoms with Crippen LogP contribution in [0.2, 0.25) is 0 Å². The van der Waals surface area contributed by atoms with Crippen molar-refractivity contribution in [3.05, 3.63) is 60.2 Å². The molecule has 3 aromatic rings. The molecule has 7 nitrogen and oxygen atoms in total. The van der Waals surface area contributed by atoms with Crippen LogP contribution < -0.4 is 14.4 Å². The second-order valence-corrected chi connectivity index (χ2v) is 10.2. The van der Waals surface area contributed by atoms with E-state index in [9.17, 15) is 8.42 Å². The molecule has 0 radical (unpaired) electrons. The predicted molar refractivity (Wildman–Crippen MR) is 131 cm³/mol. The van der Waals surface area contributed by atoms with Gasteiger partial charge in [-0.1, -0.05) is 32.0 Å². The smallest absolute Gasteiger partial charge is 0.265 e. The summed E-state index contributed by atoms with van der Waals surface area (Å²) < 4.78 is 34.4. The Hall–Kier alpha value is -3.13. The summed E-state index contributed by atoms with van der Waals surface area (Å²) in [5.74, 6) is 1.38. The maximum absolute atomic E-state index is 13.2. The molecule has 1 fully saturated rings. The third kappa shape index (κ3) is 5.27. The molecular weight excluding hydrogens is 436 g/mol. The Morgan fingerprint density at radius 1 is 0.970 bits per heavy atom. The number of aromatic nitrogens is 2. The van der Waals surface area contributed by atoms with Crippen LogP contribution in [0.25, 0.3) is 11.3 Å². The van der Waals surface area contributed by atoms with E-state index in [4.69, 9.17) is 4.74 Å². The van der Waals surface area contributed by atoms with E-state index in [0.29, 0.717) is 17.1 Å². The first kappa shape index (κ1) is 23.0. The first-order valence-corrected chi connectivity index (χ1v) is 12.8. The van der Waals surface area contributed by atoms with Crippen molar-refractivity contribution in [2.24, 2.45) is 0 Å². The first-order chi connectivity index (χ1) is 15.9. The molecular formula is C25H30N4O3S. The largest absolute Gasteiger partial charge is 0.495 e. The molecule has 0 bridgehead atoms. The molecule has 0 amide bonds. The summed E-state index contributed by atoms with van der Waals surface area (Å²) in [4.78, 5) is 2.37. The number of nitrogens with one attached hydrogen (secondary N) is 1. The van der Waals surface area contributed by atoms with Gasteiger partial charge in [-0.15, -0.1) is 10.2 Å². The van der Waals surface area contributed by atoms with Gasteiger partial charge < -0.3 is 9.64 Å². The molecule has 1 saturated heterocycles. The summed E-state index contributed by atoms with van der Waals surface area (Å²) in [7, 11) is -2.38. The Morgan fingerprint density at radius 2 is 1.76 bits per heavy atom. The summed E-state index contributed by atoms with van der Waals surface area (Å²) in [6.07, 6.45) is 3.62. The van der Waals surface area contributed by atoms with E-state index >= 15 is 0 Å². The van der Waals surface area contributed by atoms with Crippen LogP contribution in [0.1, 0.15) is 44.6 Å². The molecule has 0 spiro atoms. The molecule has 4 rings (SSSR count). The number of sulfonamides is 1. The van der Waals surface area contributed by atoms with Gasteiger partial charge in [0.1, 0.15) is 10.6 Å². The molecule has 0 saturated carbocycles. The van der Waals surface area contributed by atoms with E-state index in [1.165, 1.54) is 26.4 Å². The Balaban J connectivity index is 1.58. The van der Waals surface area contributed by atoms with E-state index in [1.807, 2.05) is 38.1 Å². The minimum absolute atomic E-state index is 0.118. The van der Waals surface area contributed by atoms with E-state index in [-0.39, 0.29) is 10.8 Å². The monoisotopic (exact) mass is 466 g/mol. The predicted octanol–water partition coefficient (Wildman–Crippen LogP) is 5.07. The van der Waals surface area contributed by atoms with E-state index in [2.05, 4.69) is 19.8 Å². The van der Waals surface area contributed by atoms with Crippen molar-refractivity contribution in [3.63, 3.8) is 0 Å². The number of methoxy groups -OCH3 is 1. The lowest BCUT2D eigenvalue weighted by atomic mass is 10.0. The number of anilines is 2. The van der Waals surface area contributed by atoms with Crippen molar-refractivity contribution in [1.82, 2.24) is 10.2 Å². The second-order valence-electron chi connectivity index (χ2n) is 8.58. The van der Waals surface area contributed by atoms with Crippen molar-refractivity contribution in [2.45, 2.75) is 43.9 Å². The van der Waals surface area contributed by atoms with Gasteiger partial charge in [0.25, 0.3) is 10.0 Å². The van der Waals surface area contributed by atoms with Crippen molar-refractivity contribution < 1.29 is 13.2 Å². The van der Waals surface area contributed by atoms with Gasteiger partial charge in [0.05, 0.1) is 12.8 Å². The topological polar surface area (TPSA) is 84.4 Å². The Bertz CT molecular complexity index is 1200. The van der Waals surface area contributed by atoms with E-state index in [1.54, 1.807) is 30.3 Å². The summed E-state index contributed by atoms with van der Waals surface area (Å²) in [6.45, 7) is 6.05. The van der Waals surface area contributed by atoms with Crippen LogP contribution >= 0.6 is 0 Å². The van der Waals surface area contributed by atoms with Crippen molar-refractivity contribution in [2.75, 3.05) is 29.8 Å². The van der Waals surface area contributed by atoms with Gasteiger partial charge in [-0.25, -0.2) is 8.42 Å². The van der Waals surface area contributed by atoms with Crippen LogP contribution in [-0.4, -0.2) is 38.8 Å². The number of benzene rings is 2. The highest BCUT2D eigenvalue weighted by Crippen LogP contribution is 2.30. The first-order valence-electron chi connectivity index (χ1n) is 11.3. The molecule has 8 heteroatoms. The normalized spacial score (nSPS) is 14.4. The number of rotatable bonds is 7. The fraction of sp³-hybridized carbons (Fsp3) is 0.360. The maximum atomic E-state index is 13.2.